The number of Topliss-reactive ketones (excluding diaryl/α,β-unsaturated/α-hetero) is 1. The van der Waals surface area contributed by atoms with Gasteiger partial charge >= 0.3 is 5.97 Å². The Kier molecular flexibility index (Phi) is 6.37. The fourth-order valence-electron chi connectivity index (χ4n) is 3.81. The lowest BCUT2D eigenvalue weighted by Gasteiger charge is -2.38. The Hall–Kier alpha value is -2.99. The third-order valence-electron chi connectivity index (χ3n) is 5.34. The quantitative estimate of drug-likeness (QED) is 0.646. The van der Waals surface area contributed by atoms with Crippen LogP contribution in [0.15, 0.2) is 39.3 Å². The summed E-state index contributed by atoms with van der Waals surface area (Å²) in [6.45, 7) is -0.281. The number of allylic oxidation sites excluding steroid dienone is 3. The highest BCUT2D eigenvalue weighted by Crippen LogP contribution is 2.48. The lowest BCUT2D eigenvalue weighted by atomic mass is 9.76. The molecule has 8 nitrogen and oxygen atoms in total. The van der Waals surface area contributed by atoms with Gasteiger partial charge in [0.1, 0.15) is 5.82 Å². The number of carbonyl (C=O) groups is 2. The Bertz CT molecular complexity index is 1010. The first kappa shape index (κ1) is 21.7. The van der Waals surface area contributed by atoms with Crippen LogP contribution in [0.2, 0.25) is 0 Å². The number of ether oxygens (including phenoxy) is 3. The summed E-state index contributed by atoms with van der Waals surface area (Å²) in [6.07, 6.45) is 1.88. The van der Waals surface area contributed by atoms with Crippen LogP contribution in [-0.2, 0) is 14.3 Å². The SMILES string of the molecule is COC(=O)COc1cc(Br)c([C@H]2C(C#N)=C(N)N(C)C3=C2C(=O)CCC3)cc1OC. The van der Waals surface area contributed by atoms with Crippen molar-refractivity contribution in [3.05, 3.63) is 44.8 Å². The number of ketones is 1. The van der Waals surface area contributed by atoms with Crippen LogP contribution in [0, 0.1) is 11.3 Å². The maximum Gasteiger partial charge on any atom is 0.343 e. The van der Waals surface area contributed by atoms with Gasteiger partial charge in [0, 0.05) is 29.2 Å². The van der Waals surface area contributed by atoms with Gasteiger partial charge in [0.05, 0.1) is 31.8 Å². The van der Waals surface area contributed by atoms with E-state index in [0.717, 1.165) is 12.1 Å². The fraction of sp³-hybridized carbons (Fsp3) is 0.381. The maximum atomic E-state index is 12.9. The first-order valence-corrected chi connectivity index (χ1v) is 10.1. The Morgan fingerprint density at radius 1 is 1.33 bits per heavy atom. The van der Waals surface area contributed by atoms with Gasteiger partial charge in [0.25, 0.3) is 0 Å². The number of hydrogen-bond donors (Lipinski definition) is 1. The van der Waals surface area contributed by atoms with Crippen molar-refractivity contribution in [1.82, 2.24) is 4.90 Å². The molecule has 1 heterocycles. The molecule has 0 fully saturated rings. The predicted octanol–water partition coefficient (Wildman–Crippen LogP) is 2.74. The van der Waals surface area contributed by atoms with Gasteiger partial charge in [-0.2, -0.15) is 5.26 Å². The molecule has 3 rings (SSSR count). The van der Waals surface area contributed by atoms with E-state index in [1.54, 1.807) is 24.1 Å². The minimum absolute atomic E-state index is 0.00485. The zero-order valence-corrected chi connectivity index (χ0v) is 18.5. The Labute approximate surface area is 183 Å². The number of esters is 1. The molecule has 0 aromatic heterocycles. The molecule has 1 aliphatic carbocycles. The number of methoxy groups -OCH3 is 2. The van der Waals surface area contributed by atoms with Crippen molar-refractivity contribution in [3.63, 3.8) is 0 Å². The molecule has 2 N–H and O–H groups in total. The van der Waals surface area contributed by atoms with Crippen LogP contribution >= 0.6 is 15.9 Å². The van der Waals surface area contributed by atoms with Crippen molar-refractivity contribution < 1.29 is 23.8 Å². The molecule has 9 heteroatoms. The van der Waals surface area contributed by atoms with Gasteiger partial charge in [-0.15, -0.1) is 0 Å². The van der Waals surface area contributed by atoms with Gasteiger partial charge in [-0.1, -0.05) is 15.9 Å². The third-order valence-corrected chi connectivity index (χ3v) is 6.02. The van der Waals surface area contributed by atoms with Crippen molar-refractivity contribution in [3.8, 4) is 17.6 Å². The van der Waals surface area contributed by atoms with Crippen LogP contribution in [0.3, 0.4) is 0 Å². The molecule has 2 aliphatic rings. The number of halogens is 1. The van der Waals surface area contributed by atoms with Gasteiger partial charge in [-0.25, -0.2) is 4.79 Å². The molecule has 0 spiro atoms. The van der Waals surface area contributed by atoms with Gasteiger partial charge < -0.3 is 24.8 Å². The highest BCUT2D eigenvalue weighted by molar-refractivity contribution is 9.10. The van der Waals surface area contributed by atoms with E-state index in [0.29, 0.717) is 51.3 Å². The van der Waals surface area contributed by atoms with E-state index >= 15 is 0 Å². The number of nitriles is 1. The predicted molar refractivity (Wildman–Crippen MR) is 111 cm³/mol. The monoisotopic (exact) mass is 475 g/mol. The molecular weight excluding hydrogens is 454 g/mol. The van der Waals surface area contributed by atoms with Crippen LogP contribution < -0.4 is 15.2 Å². The highest BCUT2D eigenvalue weighted by atomic mass is 79.9. The second-order valence-corrected chi connectivity index (χ2v) is 7.78. The summed E-state index contributed by atoms with van der Waals surface area (Å²) in [5, 5.41) is 9.86. The van der Waals surface area contributed by atoms with E-state index in [4.69, 9.17) is 15.2 Å². The van der Waals surface area contributed by atoms with E-state index in [1.165, 1.54) is 14.2 Å². The first-order valence-electron chi connectivity index (χ1n) is 9.30. The fourth-order valence-corrected chi connectivity index (χ4v) is 4.37. The average Bonchev–Trinajstić information content (AvgIpc) is 2.74. The van der Waals surface area contributed by atoms with Crippen LogP contribution in [0.5, 0.6) is 11.5 Å². The van der Waals surface area contributed by atoms with Gasteiger partial charge in [0.15, 0.2) is 23.9 Å². The molecular formula is C21H22BrN3O5. The lowest BCUT2D eigenvalue weighted by Crippen LogP contribution is -2.36. The van der Waals surface area contributed by atoms with Crippen LogP contribution in [0.4, 0.5) is 0 Å². The standard InChI is InChI=1S/C21H22BrN3O5/c1-25-14-5-4-6-15(26)20(14)19(12(9-23)21(25)24)11-7-16(28-2)17(8-13(11)22)30-10-18(27)29-3/h7-8,19H,4-6,10,24H2,1-3H3/t19-/m0/s1. The zero-order chi connectivity index (χ0) is 22.0. The third kappa shape index (κ3) is 3.75. The number of benzene rings is 1. The van der Waals surface area contributed by atoms with E-state index in [1.807, 2.05) is 0 Å². The van der Waals surface area contributed by atoms with Crippen LogP contribution in [-0.4, -0.2) is 44.5 Å². The van der Waals surface area contributed by atoms with Crippen LogP contribution in [0.1, 0.15) is 30.7 Å². The molecule has 1 aliphatic heterocycles. The molecule has 0 saturated heterocycles. The zero-order valence-electron chi connectivity index (χ0n) is 17.0. The smallest absolute Gasteiger partial charge is 0.343 e. The van der Waals surface area contributed by atoms with Crippen molar-refractivity contribution in [2.24, 2.45) is 5.73 Å². The largest absolute Gasteiger partial charge is 0.493 e. The number of rotatable bonds is 5. The lowest BCUT2D eigenvalue weighted by molar-refractivity contribution is -0.142. The van der Waals surface area contributed by atoms with Gasteiger partial charge in [-0.05, 0) is 30.5 Å². The minimum Gasteiger partial charge on any atom is -0.493 e. The van der Waals surface area contributed by atoms with Gasteiger partial charge in [0.2, 0.25) is 0 Å². The molecule has 0 unspecified atom stereocenters. The van der Waals surface area contributed by atoms with Crippen molar-refractivity contribution in [2.45, 2.75) is 25.2 Å². The summed E-state index contributed by atoms with van der Waals surface area (Å²) < 4.78 is 16.1. The molecule has 30 heavy (non-hydrogen) atoms. The number of nitrogens with two attached hydrogens (primary N) is 1. The molecule has 158 valence electrons. The summed E-state index contributed by atoms with van der Waals surface area (Å²) in [4.78, 5) is 26.0. The first-order chi connectivity index (χ1) is 14.3. The topological polar surface area (TPSA) is 115 Å². The number of hydrogen-bond acceptors (Lipinski definition) is 8. The summed E-state index contributed by atoms with van der Waals surface area (Å²) in [5.74, 6) is -0.133. The Balaban J connectivity index is 2.14. The van der Waals surface area contributed by atoms with Crippen LogP contribution in [0.25, 0.3) is 0 Å². The molecule has 1 aromatic rings. The summed E-state index contributed by atoms with van der Waals surface area (Å²) in [7, 11) is 4.52. The highest BCUT2D eigenvalue weighted by Gasteiger charge is 2.39. The Morgan fingerprint density at radius 3 is 2.70 bits per heavy atom. The van der Waals surface area contributed by atoms with E-state index in [2.05, 4.69) is 26.7 Å². The summed E-state index contributed by atoms with van der Waals surface area (Å²) >= 11 is 3.53. The van der Waals surface area contributed by atoms with E-state index in [9.17, 15) is 14.9 Å². The number of nitrogens with zero attached hydrogens (tertiary/aromatic N) is 2. The molecule has 1 atom stereocenters. The van der Waals surface area contributed by atoms with E-state index in [-0.39, 0.29) is 12.4 Å². The van der Waals surface area contributed by atoms with Crippen molar-refractivity contribution >= 4 is 27.7 Å². The maximum absolute atomic E-state index is 12.9. The Morgan fingerprint density at radius 2 is 2.07 bits per heavy atom. The number of carbonyl (C=O) groups excluding carboxylic acids is 2. The summed E-state index contributed by atoms with van der Waals surface area (Å²) in [6, 6.07) is 5.53. The van der Waals surface area contributed by atoms with E-state index < -0.39 is 11.9 Å². The molecule has 0 amide bonds. The minimum atomic E-state index is -0.619. The van der Waals surface area contributed by atoms with Crippen molar-refractivity contribution in [1.29, 1.82) is 5.26 Å². The molecule has 1 aromatic carbocycles. The second-order valence-electron chi connectivity index (χ2n) is 6.93. The molecule has 0 bridgehead atoms. The van der Waals surface area contributed by atoms with Crippen molar-refractivity contribution in [2.75, 3.05) is 27.9 Å². The van der Waals surface area contributed by atoms with Gasteiger partial charge in [-0.3, -0.25) is 4.79 Å². The second kappa shape index (κ2) is 8.79. The average molecular weight is 476 g/mol. The normalized spacial score (nSPS) is 18.7. The molecule has 0 radical (unpaired) electrons. The molecule has 0 saturated carbocycles. The summed E-state index contributed by atoms with van der Waals surface area (Å²) in [5.41, 5.74) is 8.66.